The Balaban J connectivity index is 1.90. The number of para-hydroxylation sites is 1. The molecule has 0 bridgehead atoms. The Labute approximate surface area is 109 Å². The summed E-state index contributed by atoms with van der Waals surface area (Å²) in [4.78, 5) is 8.58. The van der Waals surface area contributed by atoms with Gasteiger partial charge in [0.15, 0.2) is 5.65 Å². The number of fused-ring (bicyclic) bond motifs is 1. The summed E-state index contributed by atoms with van der Waals surface area (Å²) < 4.78 is 7.20. The topological polar surface area (TPSA) is 73.1 Å². The molecule has 0 fully saturated rings. The van der Waals surface area contributed by atoms with Crippen molar-refractivity contribution in [2.45, 2.75) is 6.54 Å². The van der Waals surface area contributed by atoms with Crippen molar-refractivity contribution in [1.29, 1.82) is 0 Å². The second-order valence-electron chi connectivity index (χ2n) is 3.92. The van der Waals surface area contributed by atoms with E-state index in [1.807, 2.05) is 30.3 Å². The number of aliphatic hydroxyl groups excluding tert-OH is 1. The molecule has 0 atom stereocenters. The number of aliphatic hydroxyl groups is 1. The van der Waals surface area contributed by atoms with Gasteiger partial charge < -0.3 is 9.84 Å². The molecule has 0 amide bonds. The van der Waals surface area contributed by atoms with Gasteiger partial charge in [-0.25, -0.2) is 14.6 Å². The summed E-state index contributed by atoms with van der Waals surface area (Å²) >= 11 is 0. The lowest BCUT2D eigenvalue weighted by atomic mass is 10.3. The Morgan fingerprint density at radius 3 is 2.79 bits per heavy atom. The molecule has 19 heavy (non-hydrogen) atoms. The van der Waals surface area contributed by atoms with Crippen LogP contribution in [0.5, 0.6) is 11.6 Å². The Morgan fingerprint density at radius 2 is 2.00 bits per heavy atom. The normalized spacial score (nSPS) is 10.8. The van der Waals surface area contributed by atoms with E-state index in [0.29, 0.717) is 29.3 Å². The first kappa shape index (κ1) is 11.6. The standard InChI is InChI=1S/C13H12N4O2/c18-7-6-17-13-11(8-15-17)16-12(9-14-13)19-10-4-2-1-3-5-10/h1-5,8-9,18H,6-7H2. The van der Waals surface area contributed by atoms with Crippen LogP contribution in [0.2, 0.25) is 0 Å². The molecule has 96 valence electrons. The fraction of sp³-hybridized carbons (Fsp3) is 0.154. The van der Waals surface area contributed by atoms with E-state index in [-0.39, 0.29) is 6.61 Å². The number of hydrogen-bond donors (Lipinski definition) is 1. The highest BCUT2D eigenvalue weighted by Crippen LogP contribution is 2.20. The van der Waals surface area contributed by atoms with Crippen molar-refractivity contribution in [3.05, 3.63) is 42.7 Å². The van der Waals surface area contributed by atoms with Gasteiger partial charge in [-0.3, -0.25) is 0 Å². The summed E-state index contributed by atoms with van der Waals surface area (Å²) in [6.45, 7) is 0.414. The summed E-state index contributed by atoms with van der Waals surface area (Å²) in [6.07, 6.45) is 3.15. The number of rotatable bonds is 4. The molecule has 6 nitrogen and oxygen atoms in total. The molecule has 0 saturated carbocycles. The SMILES string of the molecule is OCCn1ncc2nc(Oc3ccccc3)cnc21. The molecule has 0 aliphatic heterocycles. The fourth-order valence-electron chi connectivity index (χ4n) is 1.76. The maximum Gasteiger partial charge on any atom is 0.238 e. The molecule has 6 heteroatoms. The molecule has 0 saturated heterocycles. The van der Waals surface area contributed by atoms with E-state index >= 15 is 0 Å². The molecule has 2 aromatic heterocycles. The lowest BCUT2D eigenvalue weighted by Gasteiger charge is -2.04. The van der Waals surface area contributed by atoms with Gasteiger partial charge in [0.05, 0.1) is 25.5 Å². The molecule has 1 N–H and O–H groups in total. The van der Waals surface area contributed by atoms with Crippen LogP contribution in [0.25, 0.3) is 11.2 Å². The number of nitrogens with zero attached hydrogens (tertiary/aromatic N) is 4. The van der Waals surface area contributed by atoms with Gasteiger partial charge in [-0.15, -0.1) is 0 Å². The first-order chi connectivity index (χ1) is 9.36. The zero-order valence-electron chi connectivity index (χ0n) is 10.1. The molecule has 2 heterocycles. The highest BCUT2D eigenvalue weighted by Gasteiger charge is 2.07. The van der Waals surface area contributed by atoms with Crippen molar-refractivity contribution in [3.8, 4) is 11.6 Å². The van der Waals surface area contributed by atoms with Gasteiger partial charge >= 0.3 is 0 Å². The Bertz CT molecular complexity index is 681. The van der Waals surface area contributed by atoms with Gasteiger partial charge in [0, 0.05) is 0 Å². The molecular weight excluding hydrogens is 244 g/mol. The lowest BCUT2D eigenvalue weighted by molar-refractivity contribution is 0.271. The Morgan fingerprint density at radius 1 is 1.16 bits per heavy atom. The van der Waals surface area contributed by atoms with Gasteiger partial charge in [0.25, 0.3) is 0 Å². The maximum absolute atomic E-state index is 8.91. The van der Waals surface area contributed by atoms with Crippen LogP contribution in [-0.4, -0.2) is 31.5 Å². The van der Waals surface area contributed by atoms with E-state index in [0.717, 1.165) is 0 Å². The predicted molar refractivity (Wildman–Crippen MR) is 68.9 cm³/mol. The van der Waals surface area contributed by atoms with Gasteiger partial charge in [0.1, 0.15) is 11.3 Å². The zero-order valence-corrected chi connectivity index (χ0v) is 10.1. The quantitative estimate of drug-likeness (QED) is 0.767. The van der Waals surface area contributed by atoms with Gasteiger partial charge in [-0.1, -0.05) is 18.2 Å². The molecule has 3 aromatic rings. The van der Waals surface area contributed by atoms with E-state index in [2.05, 4.69) is 15.1 Å². The largest absolute Gasteiger partial charge is 0.437 e. The summed E-state index contributed by atoms with van der Waals surface area (Å²) in [5, 5.41) is 13.0. The molecule has 0 spiro atoms. The van der Waals surface area contributed by atoms with E-state index in [1.54, 1.807) is 17.1 Å². The minimum atomic E-state index is 0.0146. The van der Waals surface area contributed by atoms with Crippen LogP contribution in [0.15, 0.2) is 42.7 Å². The maximum atomic E-state index is 8.91. The van der Waals surface area contributed by atoms with Crippen LogP contribution in [0.3, 0.4) is 0 Å². The summed E-state index contributed by atoms with van der Waals surface area (Å²) in [5.41, 5.74) is 1.27. The molecule has 3 rings (SSSR count). The highest BCUT2D eigenvalue weighted by atomic mass is 16.5. The minimum Gasteiger partial charge on any atom is -0.437 e. The minimum absolute atomic E-state index is 0.0146. The molecule has 0 aliphatic rings. The number of benzene rings is 1. The van der Waals surface area contributed by atoms with Crippen LogP contribution in [0.1, 0.15) is 0 Å². The van der Waals surface area contributed by atoms with Crippen molar-refractivity contribution in [2.75, 3.05) is 6.61 Å². The van der Waals surface area contributed by atoms with E-state index < -0.39 is 0 Å². The second kappa shape index (κ2) is 5.03. The van der Waals surface area contributed by atoms with Crippen molar-refractivity contribution >= 4 is 11.2 Å². The smallest absolute Gasteiger partial charge is 0.238 e. The Hall–Kier alpha value is -2.47. The fourth-order valence-corrected chi connectivity index (χ4v) is 1.76. The molecule has 1 aromatic carbocycles. The van der Waals surface area contributed by atoms with Crippen LogP contribution >= 0.6 is 0 Å². The van der Waals surface area contributed by atoms with Crippen LogP contribution in [-0.2, 0) is 6.54 Å². The van der Waals surface area contributed by atoms with Crippen molar-refractivity contribution in [2.24, 2.45) is 0 Å². The summed E-state index contributed by atoms with van der Waals surface area (Å²) in [6, 6.07) is 9.39. The average molecular weight is 256 g/mol. The van der Waals surface area contributed by atoms with Gasteiger partial charge in [-0.05, 0) is 12.1 Å². The molecule has 0 aliphatic carbocycles. The second-order valence-corrected chi connectivity index (χ2v) is 3.92. The third kappa shape index (κ3) is 2.38. The molecule has 0 radical (unpaired) electrons. The Kier molecular flexibility index (Phi) is 3.07. The first-order valence-electron chi connectivity index (χ1n) is 5.89. The van der Waals surface area contributed by atoms with Crippen molar-refractivity contribution in [3.63, 3.8) is 0 Å². The third-order valence-corrected chi connectivity index (χ3v) is 2.60. The van der Waals surface area contributed by atoms with Crippen LogP contribution in [0, 0.1) is 0 Å². The predicted octanol–water partition coefficient (Wildman–Crippen LogP) is 1.61. The average Bonchev–Trinajstić information content (AvgIpc) is 2.83. The van der Waals surface area contributed by atoms with E-state index in [4.69, 9.17) is 9.84 Å². The lowest BCUT2D eigenvalue weighted by Crippen LogP contribution is -2.04. The molecular formula is C13H12N4O2. The van der Waals surface area contributed by atoms with Gasteiger partial charge in [0.2, 0.25) is 5.88 Å². The van der Waals surface area contributed by atoms with Crippen molar-refractivity contribution < 1.29 is 9.84 Å². The van der Waals surface area contributed by atoms with Crippen molar-refractivity contribution in [1.82, 2.24) is 19.7 Å². The highest BCUT2D eigenvalue weighted by molar-refractivity contribution is 5.69. The number of ether oxygens (including phenoxy) is 1. The third-order valence-electron chi connectivity index (χ3n) is 2.60. The van der Waals surface area contributed by atoms with Crippen LogP contribution in [0.4, 0.5) is 0 Å². The van der Waals surface area contributed by atoms with Crippen LogP contribution < -0.4 is 4.74 Å². The summed E-state index contributed by atoms with van der Waals surface area (Å²) in [5.74, 6) is 1.13. The first-order valence-corrected chi connectivity index (χ1v) is 5.89. The number of hydrogen-bond acceptors (Lipinski definition) is 5. The van der Waals surface area contributed by atoms with E-state index in [1.165, 1.54) is 0 Å². The summed E-state index contributed by atoms with van der Waals surface area (Å²) in [7, 11) is 0. The number of aromatic nitrogens is 4. The monoisotopic (exact) mass is 256 g/mol. The van der Waals surface area contributed by atoms with E-state index in [9.17, 15) is 0 Å². The zero-order chi connectivity index (χ0) is 13.1. The van der Waals surface area contributed by atoms with Gasteiger partial charge in [-0.2, -0.15) is 5.10 Å². The molecule has 0 unspecified atom stereocenters.